The van der Waals surface area contributed by atoms with Crippen LogP contribution in [0.15, 0.2) is 0 Å². The first-order chi connectivity index (χ1) is 5.41. The maximum Gasteiger partial charge on any atom is 0.306 e. The molecule has 2 heteroatoms. The largest absolute Gasteiger partial charge is 0.462 e. The predicted molar refractivity (Wildman–Crippen MR) is 47.7 cm³/mol. The zero-order valence-electron chi connectivity index (χ0n) is 8.39. The van der Waals surface area contributed by atoms with Gasteiger partial charge in [-0.1, -0.05) is 27.7 Å². The van der Waals surface area contributed by atoms with E-state index in [9.17, 15) is 4.79 Å². The summed E-state index contributed by atoms with van der Waals surface area (Å²) in [5, 5.41) is 0. The summed E-state index contributed by atoms with van der Waals surface area (Å²) in [6.45, 7) is 8.51. The third kappa shape index (κ3) is 1.99. The summed E-state index contributed by atoms with van der Waals surface area (Å²) >= 11 is 0. The fourth-order valence-corrected chi connectivity index (χ4v) is 1.84. The van der Waals surface area contributed by atoms with Gasteiger partial charge in [-0.2, -0.15) is 0 Å². The maximum atomic E-state index is 11.0. The highest BCUT2D eigenvalue weighted by molar-refractivity contribution is 5.70. The van der Waals surface area contributed by atoms with Crippen molar-refractivity contribution in [1.82, 2.24) is 0 Å². The summed E-state index contributed by atoms with van der Waals surface area (Å²) in [4.78, 5) is 11.0. The zero-order valence-corrected chi connectivity index (χ0v) is 8.39. The molecule has 1 saturated heterocycles. The van der Waals surface area contributed by atoms with Gasteiger partial charge in [0.25, 0.3) is 0 Å². The van der Waals surface area contributed by atoms with Gasteiger partial charge in [0.2, 0.25) is 0 Å². The van der Waals surface area contributed by atoms with E-state index < -0.39 is 0 Å². The van der Waals surface area contributed by atoms with Gasteiger partial charge in [0, 0.05) is 6.42 Å². The van der Waals surface area contributed by atoms with E-state index in [0.29, 0.717) is 12.3 Å². The number of hydrogen-bond donors (Lipinski definition) is 0. The van der Waals surface area contributed by atoms with Crippen molar-refractivity contribution in [2.24, 2.45) is 11.3 Å². The fourth-order valence-electron chi connectivity index (χ4n) is 1.84. The first kappa shape index (κ1) is 9.56. The van der Waals surface area contributed by atoms with Crippen LogP contribution < -0.4 is 0 Å². The van der Waals surface area contributed by atoms with Crippen LogP contribution in [-0.4, -0.2) is 12.1 Å². The topological polar surface area (TPSA) is 26.3 Å². The molecule has 2 atom stereocenters. The molecular formula is C10H18O2. The van der Waals surface area contributed by atoms with Crippen molar-refractivity contribution >= 4 is 5.97 Å². The molecule has 70 valence electrons. The summed E-state index contributed by atoms with van der Waals surface area (Å²) in [5.74, 6) is 0.468. The molecule has 2 nitrogen and oxygen atoms in total. The van der Waals surface area contributed by atoms with E-state index >= 15 is 0 Å². The molecule has 1 fully saturated rings. The van der Waals surface area contributed by atoms with Gasteiger partial charge in [0.15, 0.2) is 0 Å². The highest BCUT2D eigenvalue weighted by atomic mass is 16.5. The van der Waals surface area contributed by atoms with Crippen LogP contribution in [0.2, 0.25) is 0 Å². The Hall–Kier alpha value is -0.530. The van der Waals surface area contributed by atoms with E-state index in [1.54, 1.807) is 0 Å². The van der Waals surface area contributed by atoms with Crippen LogP contribution in [0.25, 0.3) is 0 Å². The summed E-state index contributed by atoms with van der Waals surface area (Å²) < 4.78 is 5.32. The molecule has 0 aromatic rings. The first-order valence-electron chi connectivity index (χ1n) is 4.61. The van der Waals surface area contributed by atoms with Gasteiger partial charge in [-0.3, -0.25) is 4.79 Å². The molecule has 12 heavy (non-hydrogen) atoms. The average Bonchev–Trinajstić information content (AvgIpc) is 1.92. The molecule has 0 spiro atoms. The number of carbonyl (C=O) groups is 1. The van der Waals surface area contributed by atoms with Gasteiger partial charge in [-0.25, -0.2) is 0 Å². The van der Waals surface area contributed by atoms with Crippen LogP contribution in [0.3, 0.4) is 0 Å². The SMILES string of the molecule is C[C@H]1CCC(=O)O[C@H]1C(C)(C)C. The molecule has 0 radical (unpaired) electrons. The zero-order chi connectivity index (χ0) is 9.35. The molecule has 0 saturated carbocycles. The van der Waals surface area contributed by atoms with Crippen molar-refractivity contribution < 1.29 is 9.53 Å². The van der Waals surface area contributed by atoms with Crippen LogP contribution in [0, 0.1) is 11.3 Å². The van der Waals surface area contributed by atoms with Crippen molar-refractivity contribution in [2.75, 3.05) is 0 Å². The molecule has 1 heterocycles. The number of esters is 1. The minimum absolute atomic E-state index is 0.0342. The Bertz CT molecular complexity index is 179. The second-order valence-corrected chi connectivity index (χ2v) is 4.79. The normalized spacial score (nSPS) is 31.5. The lowest BCUT2D eigenvalue weighted by Crippen LogP contribution is -2.40. The van der Waals surface area contributed by atoms with Gasteiger partial charge in [-0.15, -0.1) is 0 Å². The van der Waals surface area contributed by atoms with Crippen molar-refractivity contribution in [1.29, 1.82) is 0 Å². The Morgan fingerprint density at radius 3 is 2.42 bits per heavy atom. The fraction of sp³-hybridized carbons (Fsp3) is 0.900. The predicted octanol–water partition coefficient (Wildman–Crippen LogP) is 2.37. The van der Waals surface area contributed by atoms with Crippen molar-refractivity contribution in [2.45, 2.75) is 46.6 Å². The highest BCUT2D eigenvalue weighted by Crippen LogP contribution is 2.33. The number of cyclic esters (lactones) is 1. The number of ether oxygens (including phenoxy) is 1. The summed E-state index contributed by atoms with van der Waals surface area (Å²) in [6.07, 6.45) is 1.66. The average molecular weight is 170 g/mol. The Labute approximate surface area is 74.3 Å². The van der Waals surface area contributed by atoms with Crippen LogP contribution in [-0.2, 0) is 9.53 Å². The Balaban J connectivity index is 2.67. The third-order valence-electron chi connectivity index (χ3n) is 2.43. The quantitative estimate of drug-likeness (QED) is 0.522. The Morgan fingerprint density at radius 2 is 2.00 bits per heavy atom. The lowest BCUT2D eigenvalue weighted by atomic mass is 9.79. The minimum Gasteiger partial charge on any atom is -0.462 e. The van der Waals surface area contributed by atoms with Gasteiger partial charge in [0.05, 0.1) is 0 Å². The molecule has 0 amide bonds. The molecule has 1 rings (SSSR count). The molecule has 0 aliphatic carbocycles. The van der Waals surface area contributed by atoms with E-state index in [-0.39, 0.29) is 17.5 Å². The van der Waals surface area contributed by atoms with Crippen molar-refractivity contribution in [3.8, 4) is 0 Å². The third-order valence-corrected chi connectivity index (χ3v) is 2.43. The number of hydrogen-bond acceptors (Lipinski definition) is 2. The summed E-state index contributed by atoms with van der Waals surface area (Å²) in [6, 6.07) is 0. The summed E-state index contributed by atoms with van der Waals surface area (Å²) in [7, 11) is 0. The van der Waals surface area contributed by atoms with Gasteiger partial charge in [-0.05, 0) is 17.8 Å². The molecular weight excluding hydrogens is 152 g/mol. The number of carbonyl (C=O) groups excluding carboxylic acids is 1. The summed E-state index contributed by atoms with van der Waals surface area (Å²) in [5.41, 5.74) is 0.0789. The molecule has 0 unspecified atom stereocenters. The highest BCUT2D eigenvalue weighted by Gasteiger charge is 2.36. The number of rotatable bonds is 0. The van der Waals surface area contributed by atoms with Crippen LogP contribution in [0.4, 0.5) is 0 Å². The van der Waals surface area contributed by atoms with Crippen molar-refractivity contribution in [3.63, 3.8) is 0 Å². The van der Waals surface area contributed by atoms with Crippen LogP contribution in [0.5, 0.6) is 0 Å². The second kappa shape index (κ2) is 3.08. The molecule has 1 aliphatic rings. The molecule has 0 bridgehead atoms. The molecule has 0 aromatic carbocycles. The molecule has 0 aromatic heterocycles. The lowest BCUT2D eigenvalue weighted by Gasteiger charge is -2.37. The second-order valence-electron chi connectivity index (χ2n) is 4.79. The van der Waals surface area contributed by atoms with Crippen LogP contribution in [0.1, 0.15) is 40.5 Å². The first-order valence-corrected chi connectivity index (χ1v) is 4.61. The smallest absolute Gasteiger partial charge is 0.306 e. The Kier molecular flexibility index (Phi) is 2.45. The van der Waals surface area contributed by atoms with Gasteiger partial charge in [0.1, 0.15) is 6.10 Å². The Morgan fingerprint density at radius 1 is 1.42 bits per heavy atom. The molecule has 1 aliphatic heterocycles. The lowest BCUT2D eigenvalue weighted by molar-refractivity contribution is -0.166. The van der Waals surface area contributed by atoms with Crippen LogP contribution >= 0.6 is 0 Å². The van der Waals surface area contributed by atoms with E-state index in [1.165, 1.54) is 0 Å². The van der Waals surface area contributed by atoms with Crippen molar-refractivity contribution in [3.05, 3.63) is 0 Å². The van der Waals surface area contributed by atoms with E-state index in [1.807, 2.05) is 0 Å². The standard InChI is InChI=1S/C10H18O2/c1-7-5-6-8(11)12-9(7)10(2,3)4/h7,9H,5-6H2,1-4H3/t7-,9+/m0/s1. The molecule has 0 N–H and O–H groups in total. The van der Waals surface area contributed by atoms with E-state index in [4.69, 9.17) is 4.74 Å². The van der Waals surface area contributed by atoms with Gasteiger partial charge < -0.3 is 4.74 Å². The van der Waals surface area contributed by atoms with Gasteiger partial charge >= 0.3 is 5.97 Å². The van der Waals surface area contributed by atoms with E-state index in [2.05, 4.69) is 27.7 Å². The maximum absolute atomic E-state index is 11.0. The monoisotopic (exact) mass is 170 g/mol. The minimum atomic E-state index is -0.0342. The van der Waals surface area contributed by atoms with E-state index in [0.717, 1.165) is 6.42 Å².